The van der Waals surface area contributed by atoms with Gasteiger partial charge in [0.15, 0.2) is 5.96 Å². The number of guanidine groups is 1. The van der Waals surface area contributed by atoms with Gasteiger partial charge in [-0.25, -0.2) is 0 Å². The Balaban J connectivity index is 1.30. The smallest absolute Gasteiger partial charge is 0.191 e. The molecule has 1 saturated carbocycles. The van der Waals surface area contributed by atoms with Gasteiger partial charge in [-0.15, -0.1) is 0 Å². The van der Waals surface area contributed by atoms with Crippen molar-refractivity contribution in [3.63, 3.8) is 0 Å². The summed E-state index contributed by atoms with van der Waals surface area (Å²) >= 11 is 0. The lowest BCUT2D eigenvalue weighted by Crippen LogP contribution is -2.39. The monoisotopic (exact) mass is 346 g/mol. The molecule has 2 heterocycles. The predicted octanol–water partition coefficient (Wildman–Crippen LogP) is 1.91. The first-order chi connectivity index (χ1) is 12.4. The van der Waals surface area contributed by atoms with Gasteiger partial charge in [0.25, 0.3) is 0 Å². The molecule has 0 aromatic carbocycles. The second-order valence-corrected chi connectivity index (χ2v) is 6.71. The van der Waals surface area contributed by atoms with Crippen LogP contribution in [0.25, 0.3) is 0 Å². The summed E-state index contributed by atoms with van der Waals surface area (Å²) in [6.07, 6.45) is 8.76. The molecule has 0 spiro atoms. The molecule has 1 saturated heterocycles. The number of pyridine rings is 1. The summed E-state index contributed by atoms with van der Waals surface area (Å²) in [7, 11) is 0. The van der Waals surface area contributed by atoms with E-state index in [2.05, 4.69) is 26.7 Å². The maximum absolute atomic E-state index is 5.69. The van der Waals surface area contributed by atoms with Crippen molar-refractivity contribution >= 4 is 5.96 Å². The van der Waals surface area contributed by atoms with Crippen molar-refractivity contribution < 1.29 is 9.47 Å². The molecule has 2 fully saturated rings. The summed E-state index contributed by atoms with van der Waals surface area (Å²) in [5.41, 5.74) is 1.10. The lowest BCUT2D eigenvalue weighted by molar-refractivity contribution is 0.0171. The number of nitrogens with one attached hydrogen (secondary N) is 2. The Morgan fingerprint density at radius 2 is 2.28 bits per heavy atom. The van der Waals surface area contributed by atoms with Crippen LogP contribution in [0.4, 0.5) is 0 Å². The van der Waals surface area contributed by atoms with E-state index in [9.17, 15) is 0 Å². The Kier molecular flexibility index (Phi) is 7.52. The summed E-state index contributed by atoms with van der Waals surface area (Å²) in [5, 5.41) is 6.88. The van der Waals surface area contributed by atoms with Crippen LogP contribution in [0.5, 0.6) is 0 Å². The largest absolute Gasteiger partial charge is 0.379 e. The molecule has 1 aliphatic carbocycles. The number of aliphatic imine (C=N–C) groups is 1. The van der Waals surface area contributed by atoms with Crippen LogP contribution in [-0.2, 0) is 15.9 Å². The third kappa shape index (κ3) is 7.40. The highest BCUT2D eigenvalue weighted by Gasteiger charge is 2.22. The highest BCUT2D eigenvalue weighted by Crippen LogP contribution is 2.18. The van der Waals surface area contributed by atoms with Gasteiger partial charge in [-0.05, 0) is 44.2 Å². The van der Waals surface area contributed by atoms with Gasteiger partial charge in [-0.2, -0.15) is 0 Å². The van der Waals surface area contributed by atoms with Crippen LogP contribution in [0.2, 0.25) is 0 Å². The Labute approximate surface area is 150 Å². The molecule has 25 heavy (non-hydrogen) atoms. The van der Waals surface area contributed by atoms with Crippen LogP contribution in [0.15, 0.2) is 29.4 Å². The standard InChI is InChI=1S/C19H30N4O2/c1-2-10-20-16(5-1)9-12-22-19(23-17-7-8-17)21-11-4-13-24-15-18-6-3-14-25-18/h1-2,5,10,17-18H,3-4,6-9,11-15H2,(H2,21,22,23). The number of aromatic nitrogens is 1. The zero-order valence-corrected chi connectivity index (χ0v) is 15.0. The van der Waals surface area contributed by atoms with Gasteiger partial charge in [0.1, 0.15) is 0 Å². The fourth-order valence-electron chi connectivity index (χ4n) is 2.78. The van der Waals surface area contributed by atoms with Crippen LogP contribution in [0.1, 0.15) is 37.8 Å². The maximum Gasteiger partial charge on any atom is 0.191 e. The number of rotatable bonds is 10. The quantitative estimate of drug-likeness (QED) is 0.385. The zero-order valence-electron chi connectivity index (χ0n) is 15.0. The molecule has 2 aliphatic rings. The average Bonchev–Trinajstić information content (AvgIpc) is 3.30. The molecule has 0 bridgehead atoms. The van der Waals surface area contributed by atoms with Crippen LogP contribution in [0.3, 0.4) is 0 Å². The highest BCUT2D eigenvalue weighted by molar-refractivity contribution is 5.80. The molecular weight excluding hydrogens is 316 g/mol. The van der Waals surface area contributed by atoms with Crippen molar-refractivity contribution in [1.29, 1.82) is 0 Å². The molecule has 138 valence electrons. The molecule has 1 aliphatic heterocycles. The SMILES string of the molecule is c1ccc(CCNC(=NCCCOCC2CCCO2)NC2CC2)nc1. The van der Waals surface area contributed by atoms with Gasteiger partial charge in [-0.3, -0.25) is 9.98 Å². The Hall–Kier alpha value is -1.66. The van der Waals surface area contributed by atoms with Gasteiger partial charge >= 0.3 is 0 Å². The number of ether oxygens (including phenoxy) is 2. The lowest BCUT2D eigenvalue weighted by Gasteiger charge is -2.12. The minimum absolute atomic E-state index is 0.309. The minimum atomic E-state index is 0.309. The van der Waals surface area contributed by atoms with Gasteiger partial charge in [0, 0.05) is 50.7 Å². The molecule has 6 nitrogen and oxygen atoms in total. The number of nitrogens with zero attached hydrogens (tertiary/aromatic N) is 2. The van der Waals surface area contributed by atoms with Crippen LogP contribution < -0.4 is 10.6 Å². The first-order valence-electron chi connectivity index (χ1n) is 9.54. The van der Waals surface area contributed by atoms with Crippen molar-refractivity contribution in [2.24, 2.45) is 4.99 Å². The lowest BCUT2D eigenvalue weighted by atomic mass is 10.2. The first kappa shape index (κ1) is 18.1. The van der Waals surface area contributed by atoms with Crippen LogP contribution >= 0.6 is 0 Å². The third-order valence-corrected chi connectivity index (χ3v) is 4.36. The van der Waals surface area contributed by atoms with E-state index in [1.54, 1.807) is 0 Å². The van der Waals surface area contributed by atoms with E-state index in [-0.39, 0.29) is 0 Å². The fraction of sp³-hybridized carbons (Fsp3) is 0.684. The maximum atomic E-state index is 5.69. The summed E-state index contributed by atoms with van der Waals surface area (Å²) in [5.74, 6) is 0.914. The Bertz CT molecular complexity index is 513. The normalized spacial score (nSPS) is 20.6. The van der Waals surface area contributed by atoms with Gasteiger partial charge < -0.3 is 20.1 Å². The Morgan fingerprint density at radius 3 is 3.04 bits per heavy atom. The van der Waals surface area contributed by atoms with E-state index in [4.69, 9.17) is 9.47 Å². The number of hydrogen-bond donors (Lipinski definition) is 2. The molecule has 0 radical (unpaired) electrons. The third-order valence-electron chi connectivity index (χ3n) is 4.36. The molecule has 1 aromatic rings. The van der Waals surface area contributed by atoms with Crippen LogP contribution in [-0.4, -0.2) is 56.0 Å². The zero-order chi connectivity index (χ0) is 17.2. The summed E-state index contributed by atoms with van der Waals surface area (Å²) in [6, 6.07) is 6.62. The molecule has 2 N–H and O–H groups in total. The fourth-order valence-corrected chi connectivity index (χ4v) is 2.78. The van der Waals surface area contributed by atoms with Gasteiger partial charge in [0.05, 0.1) is 12.7 Å². The van der Waals surface area contributed by atoms with Gasteiger partial charge in [-0.1, -0.05) is 6.07 Å². The molecule has 3 rings (SSSR count). The second kappa shape index (κ2) is 10.4. The topological polar surface area (TPSA) is 67.8 Å². The minimum Gasteiger partial charge on any atom is -0.379 e. The molecule has 0 amide bonds. The average molecular weight is 346 g/mol. The van der Waals surface area contributed by atoms with E-state index < -0.39 is 0 Å². The molecule has 1 aromatic heterocycles. The van der Waals surface area contributed by atoms with Crippen molar-refractivity contribution in [2.45, 2.75) is 50.7 Å². The Morgan fingerprint density at radius 1 is 1.32 bits per heavy atom. The van der Waals surface area contributed by atoms with Crippen molar-refractivity contribution in [2.75, 3.05) is 32.9 Å². The summed E-state index contributed by atoms with van der Waals surface area (Å²) in [6.45, 7) is 3.97. The predicted molar refractivity (Wildman–Crippen MR) is 98.8 cm³/mol. The second-order valence-electron chi connectivity index (χ2n) is 6.71. The van der Waals surface area contributed by atoms with E-state index in [0.29, 0.717) is 12.1 Å². The van der Waals surface area contributed by atoms with Crippen molar-refractivity contribution in [1.82, 2.24) is 15.6 Å². The van der Waals surface area contributed by atoms with E-state index >= 15 is 0 Å². The molecule has 1 atom stereocenters. The summed E-state index contributed by atoms with van der Waals surface area (Å²) < 4.78 is 11.2. The van der Waals surface area contributed by atoms with Crippen LogP contribution in [0, 0.1) is 0 Å². The van der Waals surface area contributed by atoms with Gasteiger partial charge in [0.2, 0.25) is 0 Å². The summed E-state index contributed by atoms with van der Waals surface area (Å²) in [4.78, 5) is 9.02. The van der Waals surface area contributed by atoms with E-state index in [1.165, 1.54) is 19.3 Å². The number of hydrogen-bond acceptors (Lipinski definition) is 4. The van der Waals surface area contributed by atoms with E-state index in [1.807, 2.05) is 18.3 Å². The molecular formula is C19H30N4O2. The van der Waals surface area contributed by atoms with Crippen molar-refractivity contribution in [3.8, 4) is 0 Å². The first-order valence-corrected chi connectivity index (χ1v) is 9.54. The van der Waals surface area contributed by atoms with E-state index in [0.717, 1.165) is 63.8 Å². The molecule has 1 unspecified atom stereocenters. The highest BCUT2D eigenvalue weighted by atomic mass is 16.5. The van der Waals surface area contributed by atoms with Crippen molar-refractivity contribution in [3.05, 3.63) is 30.1 Å². The molecule has 6 heteroatoms.